The number of ether oxygens (including phenoxy) is 2. The van der Waals surface area contributed by atoms with Crippen molar-refractivity contribution in [3.8, 4) is 11.5 Å². The van der Waals surface area contributed by atoms with Gasteiger partial charge in [-0.2, -0.15) is 0 Å². The molecule has 0 aliphatic carbocycles. The second kappa shape index (κ2) is 12.4. The number of benzene rings is 2. The van der Waals surface area contributed by atoms with E-state index in [9.17, 15) is 4.79 Å². The molecule has 1 atom stereocenters. The summed E-state index contributed by atoms with van der Waals surface area (Å²) in [6.07, 6.45) is 0.714. The summed E-state index contributed by atoms with van der Waals surface area (Å²) >= 11 is 0. The zero-order chi connectivity index (χ0) is 21.8. The van der Waals surface area contributed by atoms with E-state index in [1.165, 1.54) is 0 Å². The number of carbonyl (C=O) groups is 1. The minimum absolute atomic E-state index is 0.0712. The number of aliphatic imine (C=N–C) groups is 1. The topological polar surface area (TPSA) is 84.0 Å². The molecule has 2 aromatic rings. The number of hydrogen-bond donors (Lipinski definition) is 3. The van der Waals surface area contributed by atoms with Gasteiger partial charge in [0, 0.05) is 25.7 Å². The van der Waals surface area contributed by atoms with Crippen molar-refractivity contribution in [3.63, 3.8) is 0 Å². The Morgan fingerprint density at radius 1 is 1.10 bits per heavy atom. The fraction of sp³-hybridized carbons (Fsp3) is 0.391. The molecular formula is C23H32N4O3. The smallest absolute Gasteiger partial charge is 0.251 e. The Hall–Kier alpha value is -3.22. The number of methoxy groups -OCH3 is 1. The van der Waals surface area contributed by atoms with E-state index in [-0.39, 0.29) is 12.0 Å². The summed E-state index contributed by atoms with van der Waals surface area (Å²) in [7, 11) is 3.27. The van der Waals surface area contributed by atoms with Crippen molar-refractivity contribution < 1.29 is 14.3 Å². The summed E-state index contributed by atoms with van der Waals surface area (Å²) in [5.74, 6) is 2.25. The molecule has 0 aromatic heterocycles. The monoisotopic (exact) mass is 412 g/mol. The van der Waals surface area contributed by atoms with Gasteiger partial charge in [-0.3, -0.25) is 4.79 Å². The van der Waals surface area contributed by atoms with Gasteiger partial charge in [-0.05, 0) is 62.2 Å². The van der Waals surface area contributed by atoms with Crippen LogP contribution in [0.25, 0.3) is 0 Å². The lowest BCUT2D eigenvalue weighted by molar-refractivity contribution is 0.0963. The van der Waals surface area contributed by atoms with Gasteiger partial charge in [0.15, 0.2) is 5.96 Å². The number of rotatable bonds is 10. The largest absolute Gasteiger partial charge is 0.497 e. The van der Waals surface area contributed by atoms with Crippen LogP contribution in [0.2, 0.25) is 0 Å². The minimum atomic E-state index is -0.0782. The van der Waals surface area contributed by atoms with Gasteiger partial charge in [-0.15, -0.1) is 0 Å². The molecule has 0 fully saturated rings. The van der Waals surface area contributed by atoms with E-state index < -0.39 is 0 Å². The van der Waals surface area contributed by atoms with Gasteiger partial charge in [0.1, 0.15) is 17.6 Å². The molecular weight excluding hydrogens is 380 g/mol. The maximum atomic E-state index is 11.8. The molecule has 0 bridgehead atoms. The Labute approximate surface area is 178 Å². The molecule has 0 aliphatic heterocycles. The first kappa shape index (κ1) is 23.1. The fourth-order valence-electron chi connectivity index (χ4n) is 2.82. The van der Waals surface area contributed by atoms with Crippen LogP contribution in [0.3, 0.4) is 0 Å². The van der Waals surface area contributed by atoms with Gasteiger partial charge >= 0.3 is 0 Å². The highest BCUT2D eigenvalue weighted by atomic mass is 16.5. The predicted octanol–water partition coefficient (Wildman–Crippen LogP) is 2.62. The first-order valence-corrected chi connectivity index (χ1v) is 10.2. The fourth-order valence-corrected chi connectivity index (χ4v) is 2.82. The average Bonchev–Trinajstić information content (AvgIpc) is 2.77. The molecule has 0 heterocycles. The Bertz CT molecular complexity index is 821. The zero-order valence-electron chi connectivity index (χ0n) is 18.2. The molecule has 0 saturated heterocycles. The van der Waals surface area contributed by atoms with E-state index >= 15 is 0 Å². The number of hydrogen-bond acceptors (Lipinski definition) is 4. The van der Waals surface area contributed by atoms with Crippen LogP contribution in [0.5, 0.6) is 11.5 Å². The second-order valence-corrected chi connectivity index (χ2v) is 6.78. The molecule has 30 heavy (non-hydrogen) atoms. The second-order valence-electron chi connectivity index (χ2n) is 6.78. The molecule has 162 valence electrons. The Morgan fingerprint density at radius 2 is 1.83 bits per heavy atom. The SMILES string of the molecule is CCNC(=NCC(C)Oc1ccc(OC)cc1)NCCc1cccc(C(=O)NC)c1. The number of nitrogens with one attached hydrogen (secondary N) is 3. The maximum absolute atomic E-state index is 11.8. The normalized spacial score (nSPS) is 12.1. The van der Waals surface area contributed by atoms with Gasteiger partial charge in [0.2, 0.25) is 0 Å². The summed E-state index contributed by atoms with van der Waals surface area (Å²) in [6.45, 7) is 6.01. The molecule has 0 saturated carbocycles. The number of guanidine groups is 1. The van der Waals surface area contributed by atoms with Crippen molar-refractivity contribution in [1.82, 2.24) is 16.0 Å². The van der Waals surface area contributed by atoms with E-state index in [1.54, 1.807) is 14.2 Å². The lowest BCUT2D eigenvalue weighted by Crippen LogP contribution is -2.39. The van der Waals surface area contributed by atoms with Crippen LogP contribution < -0.4 is 25.4 Å². The molecule has 0 aliphatic rings. The third-order valence-electron chi connectivity index (χ3n) is 4.37. The van der Waals surface area contributed by atoms with E-state index in [4.69, 9.17) is 9.47 Å². The van der Waals surface area contributed by atoms with Crippen LogP contribution in [0.1, 0.15) is 29.8 Å². The molecule has 7 nitrogen and oxygen atoms in total. The van der Waals surface area contributed by atoms with Gasteiger partial charge in [0.25, 0.3) is 5.91 Å². The molecule has 0 spiro atoms. The molecule has 2 aromatic carbocycles. The van der Waals surface area contributed by atoms with Crippen LogP contribution in [0.4, 0.5) is 0 Å². The molecule has 1 unspecified atom stereocenters. The third-order valence-corrected chi connectivity index (χ3v) is 4.37. The lowest BCUT2D eigenvalue weighted by atomic mass is 10.1. The summed E-state index contributed by atoms with van der Waals surface area (Å²) in [5.41, 5.74) is 1.76. The van der Waals surface area contributed by atoms with Crippen LogP contribution in [0, 0.1) is 0 Å². The van der Waals surface area contributed by atoms with Crippen molar-refractivity contribution in [2.75, 3.05) is 33.8 Å². The van der Waals surface area contributed by atoms with Gasteiger partial charge in [-0.1, -0.05) is 12.1 Å². The third kappa shape index (κ3) is 7.66. The zero-order valence-corrected chi connectivity index (χ0v) is 18.2. The van der Waals surface area contributed by atoms with Crippen molar-refractivity contribution in [2.45, 2.75) is 26.4 Å². The first-order valence-electron chi connectivity index (χ1n) is 10.2. The Balaban J connectivity index is 1.85. The average molecular weight is 413 g/mol. The summed E-state index contributed by atoms with van der Waals surface area (Å²) < 4.78 is 11.1. The van der Waals surface area contributed by atoms with Gasteiger partial charge in [0.05, 0.1) is 13.7 Å². The molecule has 3 N–H and O–H groups in total. The molecule has 1 amide bonds. The highest BCUT2D eigenvalue weighted by molar-refractivity contribution is 5.94. The Morgan fingerprint density at radius 3 is 2.50 bits per heavy atom. The van der Waals surface area contributed by atoms with Crippen molar-refractivity contribution in [3.05, 3.63) is 59.7 Å². The number of carbonyl (C=O) groups excluding carboxylic acids is 1. The van der Waals surface area contributed by atoms with Crippen molar-refractivity contribution in [2.24, 2.45) is 4.99 Å². The summed E-state index contributed by atoms with van der Waals surface area (Å²) in [5, 5.41) is 9.23. The lowest BCUT2D eigenvalue weighted by Gasteiger charge is -2.15. The Kier molecular flexibility index (Phi) is 9.51. The van der Waals surface area contributed by atoms with Crippen LogP contribution in [-0.4, -0.2) is 51.8 Å². The molecule has 7 heteroatoms. The van der Waals surface area contributed by atoms with Crippen molar-refractivity contribution in [1.29, 1.82) is 0 Å². The first-order chi connectivity index (χ1) is 14.5. The predicted molar refractivity (Wildman–Crippen MR) is 121 cm³/mol. The van der Waals surface area contributed by atoms with Crippen LogP contribution in [-0.2, 0) is 6.42 Å². The minimum Gasteiger partial charge on any atom is -0.497 e. The maximum Gasteiger partial charge on any atom is 0.251 e. The van der Waals surface area contributed by atoms with Gasteiger partial charge < -0.3 is 25.4 Å². The molecule has 2 rings (SSSR count). The molecule has 0 radical (unpaired) electrons. The van der Waals surface area contributed by atoms with E-state index in [0.717, 1.165) is 36.0 Å². The van der Waals surface area contributed by atoms with E-state index in [2.05, 4.69) is 20.9 Å². The summed E-state index contributed by atoms with van der Waals surface area (Å²) in [4.78, 5) is 16.4. The van der Waals surface area contributed by atoms with Crippen molar-refractivity contribution >= 4 is 11.9 Å². The van der Waals surface area contributed by atoms with Gasteiger partial charge in [-0.25, -0.2) is 4.99 Å². The van der Waals surface area contributed by atoms with Crippen LogP contribution >= 0.6 is 0 Å². The number of nitrogens with zero attached hydrogens (tertiary/aromatic N) is 1. The number of amides is 1. The standard InChI is InChI=1S/C23H32N4O3/c1-5-25-23(26-14-13-18-7-6-8-19(15-18)22(28)24-3)27-16-17(2)30-21-11-9-20(29-4)10-12-21/h6-12,15,17H,5,13-14,16H2,1-4H3,(H,24,28)(H2,25,26,27). The van der Waals surface area contributed by atoms with Crippen LogP contribution in [0.15, 0.2) is 53.5 Å². The summed E-state index contributed by atoms with van der Waals surface area (Å²) in [6, 6.07) is 15.2. The highest BCUT2D eigenvalue weighted by Gasteiger charge is 2.06. The van der Waals surface area contributed by atoms with E-state index in [0.29, 0.717) is 18.7 Å². The quantitative estimate of drug-likeness (QED) is 0.413. The van der Waals surface area contributed by atoms with E-state index in [1.807, 2.05) is 62.4 Å². The highest BCUT2D eigenvalue weighted by Crippen LogP contribution is 2.18.